The molecular weight excluding hydrogens is 482 g/mol. The predicted octanol–water partition coefficient (Wildman–Crippen LogP) is 10.9. The Morgan fingerprint density at radius 2 is 1.10 bits per heavy atom. The molecule has 0 fully saturated rings. The molecule has 0 spiro atoms. The Hall–Kier alpha value is -4.88. The van der Waals surface area contributed by atoms with Crippen molar-refractivity contribution < 1.29 is 0 Å². The molecular formula is C39H29N. The smallest absolute Gasteiger partial charge is 0.0546 e. The van der Waals surface area contributed by atoms with E-state index in [1.807, 2.05) is 0 Å². The van der Waals surface area contributed by atoms with Gasteiger partial charge in [0, 0.05) is 22.2 Å². The molecule has 0 heterocycles. The predicted molar refractivity (Wildman–Crippen MR) is 171 cm³/mol. The summed E-state index contributed by atoms with van der Waals surface area (Å²) in [6.07, 6.45) is 0. The molecule has 1 aliphatic carbocycles. The summed E-state index contributed by atoms with van der Waals surface area (Å²) in [5, 5.41) is 7.66. The molecule has 1 nitrogen and oxygen atoms in total. The van der Waals surface area contributed by atoms with E-state index in [0.29, 0.717) is 0 Å². The van der Waals surface area contributed by atoms with E-state index in [2.05, 4.69) is 158 Å². The fourth-order valence-electron chi connectivity index (χ4n) is 6.90. The average Bonchev–Trinajstić information content (AvgIpc) is 3.23. The number of rotatable bonds is 3. The maximum Gasteiger partial charge on any atom is 0.0546 e. The van der Waals surface area contributed by atoms with Crippen LogP contribution in [0.25, 0.3) is 43.4 Å². The zero-order valence-electron chi connectivity index (χ0n) is 22.7. The van der Waals surface area contributed by atoms with E-state index in [9.17, 15) is 0 Å². The Kier molecular flexibility index (Phi) is 4.93. The Morgan fingerprint density at radius 1 is 0.450 bits per heavy atom. The summed E-state index contributed by atoms with van der Waals surface area (Å²) in [7, 11) is 0. The molecule has 0 aromatic heterocycles. The standard InChI is InChI=1S/C39H29N/c1-39(2)35-19-11-10-16-31(35)34-25-29(22-23-36(34)39)40(28-13-4-3-5-14-28)37-24-27-21-20-26-12-6-7-15-30(26)38(27)33-18-9-8-17-32(33)37/h3-25H,1-2H3. The van der Waals surface area contributed by atoms with Crippen molar-refractivity contribution >= 4 is 49.4 Å². The fourth-order valence-corrected chi connectivity index (χ4v) is 6.90. The molecule has 0 N–H and O–H groups in total. The molecule has 190 valence electrons. The van der Waals surface area contributed by atoms with Gasteiger partial charge >= 0.3 is 0 Å². The number of anilines is 3. The molecule has 40 heavy (non-hydrogen) atoms. The van der Waals surface area contributed by atoms with Gasteiger partial charge in [-0.3, -0.25) is 0 Å². The van der Waals surface area contributed by atoms with E-state index in [4.69, 9.17) is 0 Å². The highest BCUT2D eigenvalue weighted by molar-refractivity contribution is 6.23. The highest BCUT2D eigenvalue weighted by Crippen LogP contribution is 2.51. The van der Waals surface area contributed by atoms with Crippen LogP contribution in [0.2, 0.25) is 0 Å². The molecule has 0 unspecified atom stereocenters. The van der Waals surface area contributed by atoms with Gasteiger partial charge in [0.15, 0.2) is 0 Å². The minimum absolute atomic E-state index is 0.0151. The minimum atomic E-state index is -0.0151. The van der Waals surface area contributed by atoms with Crippen molar-refractivity contribution in [3.8, 4) is 11.1 Å². The highest BCUT2D eigenvalue weighted by atomic mass is 15.1. The van der Waals surface area contributed by atoms with Crippen LogP contribution in [0.3, 0.4) is 0 Å². The van der Waals surface area contributed by atoms with Crippen LogP contribution in [0.15, 0.2) is 140 Å². The van der Waals surface area contributed by atoms with E-state index in [0.717, 1.165) is 5.69 Å². The van der Waals surface area contributed by atoms with Gasteiger partial charge in [0.2, 0.25) is 0 Å². The van der Waals surface area contributed by atoms with E-state index >= 15 is 0 Å². The number of fused-ring (bicyclic) bond motifs is 8. The van der Waals surface area contributed by atoms with Crippen molar-refractivity contribution in [2.75, 3.05) is 4.90 Å². The first-order chi connectivity index (χ1) is 19.6. The summed E-state index contributed by atoms with van der Waals surface area (Å²) in [6.45, 7) is 4.68. The Bertz CT molecular complexity index is 2080. The van der Waals surface area contributed by atoms with Crippen LogP contribution in [0, 0.1) is 0 Å². The number of nitrogens with zero attached hydrogens (tertiary/aromatic N) is 1. The van der Waals surface area contributed by atoms with Crippen molar-refractivity contribution in [3.05, 3.63) is 151 Å². The van der Waals surface area contributed by atoms with Gasteiger partial charge in [-0.25, -0.2) is 0 Å². The van der Waals surface area contributed by atoms with E-state index < -0.39 is 0 Å². The third kappa shape index (κ3) is 3.28. The van der Waals surface area contributed by atoms with Crippen LogP contribution >= 0.6 is 0 Å². The molecule has 0 saturated heterocycles. The van der Waals surface area contributed by atoms with Gasteiger partial charge in [-0.1, -0.05) is 123 Å². The lowest BCUT2D eigenvalue weighted by Crippen LogP contribution is -2.15. The van der Waals surface area contributed by atoms with Crippen molar-refractivity contribution in [1.29, 1.82) is 0 Å². The number of hydrogen-bond donors (Lipinski definition) is 0. The third-order valence-corrected chi connectivity index (χ3v) is 8.81. The fraction of sp³-hybridized carbons (Fsp3) is 0.0769. The highest BCUT2D eigenvalue weighted by Gasteiger charge is 2.35. The molecule has 0 atom stereocenters. The Balaban J connectivity index is 1.44. The molecule has 0 aliphatic heterocycles. The summed E-state index contributed by atoms with van der Waals surface area (Å²) < 4.78 is 0. The van der Waals surface area contributed by atoms with Crippen LogP contribution in [0.1, 0.15) is 25.0 Å². The lowest BCUT2D eigenvalue weighted by molar-refractivity contribution is 0.660. The first-order valence-electron chi connectivity index (χ1n) is 14.0. The maximum absolute atomic E-state index is 2.44. The summed E-state index contributed by atoms with van der Waals surface area (Å²) in [6, 6.07) is 51.2. The summed E-state index contributed by atoms with van der Waals surface area (Å²) >= 11 is 0. The number of benzene rings is 7. The molecule has 7 aromatic carbocycles. The van der Waals surface area contributed by atoms with E-state index in [1.165, 1.54) is 65.9 Å². The van der Waals surface area contributed by atoms with Gasteiger partial charge in [0.1, 0.15) is 0 Å². The van der Waals surface area contributed by atoms with Crippen LogP contribution in [0.4, 0.5) is 17.1 Å². The summed E-state index contributed by atoms with van der Waals surface area (Å²) in [4.78, 5) is 2.44. The van der Waals surface area contributed by atoms with Crippen molar-refractivity contribution in [3.63, 3.8) is 0 Å². The third-order valence-electron chi connectivity index (χ3n) is 8.81. The second-order valence-corrected chi connectivity index (χ2v) is 11.4. The minimum Gasteiger partial charge on any atom is -0.310 e. The molecule has 0 bridgehead atoms. The average molecular weight is 512 g/mol. The molecule has 0 amide bonds. The SMILES string of the molecule is CC1(C)c2ccccc2-c2cc(N(c3ccccc3)c3cc4ccc5ccccc5c4c4ccccc34)ccc21. The summed E-state index contributed by atoms with van der Waals surface area (Å²) in [5.74, 6) is 0. The first kappa shape index (κ1) is 23.0. The number of para-hydroxylation sites is 1. The van der Waals surface area contributed by atoms with E-state index in [-0.39, 0.29) is 5.41 Å². The van der Waals surface area contributed by atoms with Crippen molar-refractivity contribution in [1.82, 2.24) is 0 Å². The molecule has 0 radical (unpaired) electrons. The Labute approximate surface area is 234 Å². The van der Waals surface area contributed by atoms with Gasteiger partial charge in [0.25, 0.3) is 0 Å². The second-order valence-electron chi connectivity index (χ2n) is 11.4. The molecule has 0 saturated carbocycles. The molecule has 8 rings (SSSR count). The van der Waals surface area contributed by atoms with E-state index in [1.54, 1.807) is 0 Å². The van der Waals surface area contributed by atoms with Crippen LogP contribution in [-0.2, 0) is 5.41 Å². The van der Waals surface area contributed by atoms with Gasteiger partial charge < -0.3 is 4.90 Å². The quantitative estimate of drug-likeness (QED) is 0.213. The molecule has 1 heteroatoms. The second kappa shape index (κ2) is 8.56. The van der Waals surface area contributed by atoms with Gasteiger partial charge in [0.05, 0.1) is 5.69 Å². The lowest BCUT2D eigenvalue weighted by atomic mass is 9.82. The van der Waals surface area contributed by atoms with Crippen molar-refractivity contribution in [2.45, 2.75) is 19.3 Å². The van der Waals surface area contributed by atoms with Gasteiger partial charge in [-0.15, -0.1) is 0 Å². The first-order valence-corrected chi connectivity index (χ1v) is 14.0. The normalized spacial score (nSPS) is 13.4. The largest absolute Gasteiger partial charge is 0.310 e. The number of hydrogen-bond acceptors (Lipinski definition) is 1. The lowest BCUT2D eigenvalue weighted by Gasteiger charge is -2.29. The molecule has 7 aromatic rings. The van der Waals surface area contributed by atoms with Crippen LogP contribution < -0.4 is 4.90 Å². The zero-order chi connectivity index (χ0) is 26.8. The maximum atomic E-state index is 2.44. The monoisotopic (exact) mass is 511 g/mol. The van der Waals surface area contributed by atoms with Gasteiger partial charge in [-0.05, 0) is 79.5 Å². The summed E-state index contributed by atoms with van der Waals surface area (Å²) in [5.41, 5.74) is 8.95. The van der Waals surface area contributed by atoms with Gasteiger partial charge in [-0.2, -0.15) is 0 Å². The Morgan fingerprint density at radius 3 is 1.95 bits per heavy atom. The zero-order valence-corrected chi connectivity index (χ0v) is 22.7. The molecule has 1 aliphatic rings. The van der Waals surface area contributed by atoms with Crippen LogP contribution in [-0.4, -0.2) is 0 Å². The topological polar surface area (TPSA) is 3.24 Å². The van der Waals surface area contributed by atoms with Crippen LogP contribution in [0.5, 0.6) is 0 Å². The van der Waals surface area contributed by atoms with Crippen molar-refractivity contribution in [2.24, 2.45) is 0 Å².